The van der Waals surface area contributed by atoms with Crippen molar-refractivity contribution in [2.75, 3.05) is 6.61 Å². The van der Waals surface area contributed by atoms with E-state index in [0.717, 1.165) is 50.4 Å². The van der Waals surface area contributed by atoms with Gasteiger partial charge in [0.1, 0.15) is 5.75 Å². The number of azo groups is 1. The highest BCUT2D eigenvalue weighted by atomic mass is 16.5. The van der Waals surface area contributed by atoms with Crippen molar-refractivity contribution in [2.24, 2.45) is 20.2 Å². The van der Waals surface area contributed by atoms with Crippen LogP contribution in [0.2, 0.25) is 0 Å². The lowest BCUT2D eigenvalue weighted by Crippen LogP contribution is -1.91. The Hall–Kier alpha value is -4.90. The standard InChI is InChI=1S/C33H28N4O/c1-3-38-29-18-12-26(13-19-29)23-35-32-20-21-33(31-7-5-4-6-30(31)32)37-36-28-16-14-27(15-17-28)34-22-25-10-8-24(2)9-11-25/h4-23H,3H2,1-2H3. The van der Waals surface area contributed by atoms with Gasteiger partial charge >= 0.3 is 0 Å². The number of fused-ring (bicyclic) bond motifs is 1. The number of benzene rings is 5. The van der Waals surface area contributed by atoms with Gasteiger partial charge in [-0.3, -0.25) is 9.98 Å². The molecule has 186 valence electrons. The Morgan fingerprint density at radius 1 is 0.579 bits per heavy atom. The monoisotopic (exact) mass is 496 g/mol. The van der Waals surface area contributed by atoms with Crippen LogP contribution in [0.5, 0.6) is 5.75 Å². The van der Waals surface area contributed by atoms with Gasteiger partial charge in [-0.05, 0) is 85.6 Å². The van der Waals surface area contributed by atoms with Gasteiger partial charge in [0.05, 0.1) is 29.4 Å². The summed E-state index contributed by atoms with van der Waals surface area (Å²) in [7, 11) is 0. The van der Waals surface area contributed by atoms with Gasteiger partial charge in [0.2, 0.25) is 0 Å². The van der Waals surface area contributed by atoms with Crippen LogP contribution < -0.4 is 4.74 Å². The number of aryl methyl sites for hydroxylation is 1. The second kappa shape index (κ2) is 11.9. The van der Waals surface area contributed by atoms with Gasteiger partial charge < -0.3 is 4.74 Å². The van der Waals surface area contributed by atoms with E-state index in [-0.39, 0.29) is 0 Å². The molecule has 5 aromatic rings. The Morgan fingerprint density at radius 3 is 1.84 bits per heavy atom. The molecule has 5 rings (SSSR count). The molecule has 0 atom stereocenters. The fourth-order valence-electron chi connectivity index (χ4n) is 3.95. The first-order valence-corrected chi connectivity index (χ1v) is 12.6. The number of nitrogens with zero attached hydrogens (tertiary/aromatic N) is 4. The molecule has 0 aliphatic rings. The Balaban J connectivity index is 1.32. The van der Waals surface area contributed by atoms with Crippen molar-refractivity contribution in [3.63, 3.8) is 0 Å². The maximum atomic E-state index is 5.52. The zero-order chi connectivity index (χ0) is 26.2. The summed E-state index contributed by atoms with van der Waals surface area (Å²) >= 11 is 0. The molecule has 0 fully saturated rings. The van der Waals surface area contributed by atoms with Crippen molar-refractivity contribution in [3.8, 4) is 5.75 Å². The van der Waals surface area contributed by atoms with Crippen LogP contribution in [0.15, 0.2) is 129 Å². The minimum Gasteiger partial charge on any atom is -0.494 e. The van der Waals surface area contributed by atoms with Crippen LogP contribution in [0.1, 0.15) is 23.6 Å². The van der Waals surface area contributed by atoms with Crippen LogP contribution in [0.4, 0.5) is 22.7 Å². The Kier molecular flexibility index (Phi) is 7.75. The molecular weight excluding hydrogens is 468 g/mol. The van der Waals surface area contributed by atoms with Gasteiger partial charge in [-0.15, -0.1) is 5.11 Å². The van der Waals surface area contributed by atoms with Gasteiger partial charge in [0.15, 0.2) is 0 Å². The zero-order valence-corrected chi connectivity index (χ0v) is 21.5. The first kappa shape index (κ1) is 24.8. The lowest BCUT2D eigenvalue weighted by Gasteiger charge is -2.05. The topological polar surface area (TPSA) is 58.7 Å². The molecule has 0 heterocycles. The second-order valence-corrected chi connectivity index (χ2v) is 8.79. The molecule has 38 heavy (non-hydrogen) atoms. The summed E-state index contributed by atoms with van der Waals surface area (Å²) in [4.78, 5) is 9.29. The molecule has 5 heteroatoms. The van der Waals surface area contributed by atoms with E-state index in [4.69, 9.17) is 9.73 Å². The highest BCUT2D eigenvalue weighted by Gasteiger charge is 2.05. The first-order valence-electron chi connectivity index (χ1n) is 12.6. The van der Waals surface area contributed by atoms with E-state index >= 15 is 0 Å². The molecule has 0 saturated heterocycles. The van der Waals surface area contributed by atoms with Crippen LogP contribution in [0.25, 0.3) is 10.8 Å². The number of rotatable bonds is 8. The zero-order valence-electron chi connectivity index (χ0n) is 21.5. The number of hydrogen-bond acceptors (Lipinski definition) is 5. The second-order valence-electron chi connectivity index (χ2n) is 8.79. The summed E-state index contributed by atoms with van der Waals surface area (Å²) in [5, 5.41) is 11.0. The Labute approximate surface area is 222 Å². The van der Waals surface area contributed by atoms with Crippen LogP contribution in [-0.2, 0) is 0 Å². The smallest absolute Gasteiger partial charge is 0.119 e. The molecule has 0 N–H and O–H groups in total. The van der Waals surface area contributed by atoms with E-state index in [2.05, 4.69) is 52.5 Å². The third kappa shape index (κ3) is 6.26. The maximum absolute atomic E-state index is 5.52. The quantitative estimate of drug-likeness (QED) is 0.156. The normalized spacial score (nSPS) is 11.7. The predicted octanol–water partition coefficient (Wildman–Crippen LogP) is 9.46. The lowest BCUT2D eigenvalue weighted by atomic mass is 10.1. The third-order valence-corrected chi connectivity index (χ3v) is 5.98. The number of hydrogen-bond donors (Lipinski definition) is 0. The van der Waals surface area contributed by atoms with Crippen molar-refractivity contribution in [1.82, 2.24) is 0 Å². The molecule has 0 amide bonds. The fourth-order valence-corrected chi connectivity index (χ4v) is 3.95. The Morgan fingerprint density at radius 2 is 1.16 bits per heavy atom. The molecule has 0 aliphatic carbocycles. The molecule has 0 saturated carbocycles. The molecule has 0 aromatic heterocycles. The van der Waals surface area contributed by atoms with Crippen molar-refractivity contribution in [1.29, 1.82) is 0 Å². The van der Waals surface area contributed by atoms with E-state index in [1.165, 1.54) is 5.56 Å². The van der Waals surface area contributed by atoms with Crippen LogP contribution in [0.3, 0.4) is 0 Å². The molecule has 0 unspecified atom stereocenters. The summed E-state index contributed by atoms with van der Waals surface area (Å²) in [6, 6.07) is 35.9. The minimum atomic E-state index is 0.650. The largest absolute Gasteiger partial charge is 0.494 e. The maximum Gasteiger partial charge on any atom is 0.119 e. The highest BCUT2D eigenvalue weighted by Crippen LogP contribution is 2.34. The van der Waals surface area contributed by atoms with Crippen LogP contribution in [0, 0.1) is 6.92 Å². The molecule has 5 nitrogen and oxygen atoms in total. The van der Waals surface area contributed by atoms with Gasteiger partial charge in [0, 0.05) is 23.2 Å². The van der Waals surface area contributed by atoms with Crippen molar-refractivity contribution in [2.45, 2.75) is 13.8 Å². The predicted molar refractivity (Wildman–Crippen MR) is 158 cm³/mol. The average Bonchev–Trinajstić information content (AvgIpc) is 2.96. The first-order chi connectivity index (χ1) is 18.7. The number of aliphatic imine (C=N–C) groups is 2. The highest BCUT2D eigenvalue weighted by molar-refractivity contribution is 6.01. The summed E-state index contributed by atoms with van der Waals surface area (Å²) in [5.74, 6) is 0.856. The third-order valence-electron chi connectivity index (χ3n) is 5.98. The van der Waals surface area contributed by atoms with E-state index in [1.807, 2.05) is 98.2 Å². The minimum absolute atomic E-state index is 0.650. The van der Waals surface area contributed by atoms with Crippen LogP contribution >= 0.6 is 0 Å². The van der Waals surface area contributed by atoms with Crippen molar-refractivity contribution in [3.05, 3.63) is 126 Å². The van der Waals surface area contributed by atoms with Gasteiger partial charge in [-0.25, -0.2) is 0 Å². The van der Waals surface area contributed by atoms with Gasteiger partial charge in [-0.1, -0.05) is 54.1 Å². The molecule has 0 bridgehead atoms. The molecule has 0 spiro atoms. The SMILES string of the molecule is CCOc1ccc(C=Nc2ccc(N=Nc3ccc(N=Cc4ccc(C)cc4)cc3)c3ccccc23)cc1. The summed E-state index contributed by atoms with van der Waals surface area (Å²) < 4.78 is 5.52. The Bertz CT molecular complexity index is 1600. The van der Waals surface area contributed by atoms with E-state index in [9.17, 15) is 0 Å². The summed E-state index contributed by atoms with van der Waals surface area (Å²) in [6.45, 7) is 4.70. The van der Waals surface area contributed by atoms with Crippen molar-refractivity contribution >= 4 is 46.0 Å². The van der Waals surface area contributed by atoms with E-state index in [0.29, 0.717) is 6.61 Å². The summed E-state index contributed by atoms with van der Waals surface area (Å²) in [6.07, 6.45) is 3.73. The van der Waals surface area contributed by atoms with Crippen LogP contribution in [-0.4, -0.2) is 19.0 Å². The van der Waals surface area contributed by atoms with E-state index < -0.39 is 0 Å². The number of ether oxygens (including phenoxy) is 1. The lowest BCUT2D eigenvalue weighted by molar-refractivity contribution is 0.340. The molecule has 0 aliphatic heterocycles. The fraction of sp³-hybridized carbons (Fsp3) is 0.0909. The molecular formula is C33H28N4O. The average molecular weight is 497 g/mol. The van der Waals surface area contributed by atoms with Gasteiger partial charge in [0.25, 0.3) is 0 Å². The summed E-state index contributed by atoms with van der Waals surface area (Å²) in [5.41, 5.74) is 6.61. The van der Waals surface area contributed by atoms with E-state index in [1.54, 1.807) is 0 Å². The van der Waals surface area contributed by atoms with Crippen molar-refractivity contribution < 1.29 is 4.74 Å². The molecule has 0 radical (unpaired) electrons. The van der Waals surface area contributed by atoms with Gasteiger partial charge in [-0.2, -0.15) is 5.11 Å². The molecule has 5 aromatic carbocycles.